The summed E-state index contributed by atoms with van der Waals surface area (Å²) in [5.74, 6) is -10.9. The van der Waals surface area contributed by atoms with Gasteiger partial charge >= 0.3 is 17.9 Å². The van der Waals surface area contributed by atoms with Gasteiger partial charge in [-0.05, 0) is 110 Å². The minimum Gasteiger partial charge on any atom is -0.481 e. The lowest BCUT2D eigenvalue weighted by molar-refractivity contribution is -0.143. The van der Waals surface area contributed by atoms with Crippen molar-refractivity contribution in [2.75, 3.05) is 46.3 Å². The molecule has 8 aromatic rings. The van der Waals surface area contributed by atoms with Gasteiger partial charge in [0.15, 0.2) is 22.9 Å². The van der Waals surface area contributed by atoms with E-state index in [0.717, 1.165) is 39.3 Å². The van der Waals surface area contributed by atoms with Crippen LogP contribution in [0.4, 0.5) is 23.0 Å². The number of carboxylic acids is 3. The van der Waals surface area contributed by atoms with Crippen LogP contribution in [0.2, 0.25) is 0 Å². The standard InChI is InChI=1S/C67H67N17O15S2/c68-65(69)71-18-3-4-33(22-41(85)13-16-46(63(96)97)79-57(90)32-7-9-37(10-8-32)72-28-40-29-73-56-55(75-40)61(94)83-66(70)82-56)58(91)80-48(25-54(88)89)60(93)81-50(64(98)99)31-101-100-19-17-53(87)74-38-11-14-44-34(20-38)23-47(77-44)59(92)76-39-12-15-45-35(21-39)24-49(78-45)62(95)84-30-36-27-67(36)43-6-2-1-5-42(43)51(86)26-52(67)84/h1-2,5-12,14-15,20-21,23-24,26,29,33,36,46,48,50,72,77-78H,3-4,13,16-19,22,25,27-28,30-31H2,(H,74,87)(H,76,92)(H,79,90)(H,80,91)(H,81,93)(H,88,89)(H,96,97)(H,98,99)(H4,68,69,71)(H3,70,73,82,83,94)/t33-,36?,46+,48+,50+,67?/m0/s1. The Labute approximate surface area is 579 Å². The summed E-state index contributed by atoms with van der Waals surface area (Å²) in [5.41, 5.74) is 16.2. The normalized spacial score (nSPS) is 16.1. The van der Waals surface area contributed by atoms with Crippen LogP contribution in [0.1, 0.15) is 104 Å². The maximum absolute atomic E-state index is 14.0. The largest absolute Gasteiger partial charge is 0.481 e. The highest BCUT2D eigenvalue weighted by molar-refractivity contribution is 8.76. The molecule has 2 aliphatic carbocycles. The number of aromatic amines is 3. The van der Waals surface area contributed by atoms with E-state index in [9.17, 15) is 72.9 Å². The molecule has 0 radical (unpaired) electrons. The van der Waals surface area contributed by atoms with E-state index in [4.69, 9.17) is 16.9 Å². The number of benzene rings is 4. The van der Waals surface area contributed by atoms with Crippen LogP contribution >= 0.6 is 21.6 Å². The number of rotatable bonds is 32. The van der Waals surface area contributed by atoms with Gasteiger partial charge in [0.2, 0.25) is 23.7 Å². The van der Waals surface area contributed by atoms with Gasteiger partial charge in [0.05, 0.1) is 24.9 Å². The molecule has 11 rings (SSSR count). The Hall–Kier alpha value is -11.9. The fraction of sp³-hybridized carbons (Fsp3) is 0.284. The molecule has 101 heavy (non-hydrogen) atoms. The summed E-state index contributed by atoms with van der Waals surface area (Å²) >= 11 is 0. The third-order valence-corrected chi connectivity index (χ3v) is 19.8. The van der Waals surface area contributed by atoms with Crippen LogP contribution in [0.3, 0.4) is 0 Å². The van der Waals surface area contributed by atoms with Gasteiger partial charge in [0.25, 0.3) is 23.3 Å². The summed E-state index contributed by atoms with van der Waals surface area (Å²) in [4.78, 5) is 179. The molecule has 5 heterocycles. The molecular weight excluding hydrogens is 1350 g/mol. The van der Waals surface area contributed by atoms with Crippen molar-refractivity contribution in [1.29, 1.82) is 5.41 Å². The maximum Gasteiger partial charge on any atom is 0.327 e. The van der Waals surface area contributed by atoms with E-state index < -0.39 is 109 Å². The number of H-pyrrole nitrogens is 3. The Morgan fingerprint density at radius 2 is 1.41 bits per heavy atom. The van der Waals surface area contributed by atoms with Crippen molar-refractivity contribution in [3.05, 3.63) is 159 Å². The highest BCUT2D eigenvalue weighted by atomic mass is 33.1. The van der Waals surface area contributed by atoms with E-state index in [1.54, 1.807) is 59.5 Å². The number of nitrogens with two attached hydrogens (primary N) is 2. The van der Waals surface area contributed by atoms with Crippen LogP contribution in [0.5, 0.6) is 0 Å². The maximum atomic E-state index is 14.0. The molecule has 2 unspecified atom stereocenters. The van der Waals surface area contributed by atoms with E-state index in [2.05, 4.69) is 67.1 Å². The van der Waals surface area contributed by atoms with Crippen LogP contribution in [0.15, 0.2) is 120 Å². The number of carbonyl (C=O) groups is 11. The number of Topliss-reactive ketones (excluding diaryl/α,β-unsaturated/α-hetero) is 1. The highest BCUT2D eigenvalue weighted by Crippen LogP contribution is 2.66. The summed E-state index contributed by atoms with van der Waals surface area (Å²) in [6.07, 6.45) is 1.52. The fourth-order valence-electron chi connectivity index (χ4n) is 12.3. The smallest absolute Gasteiger partial charge is 0.327 e. The number of hydrogen-bond donors (Lipinski definition) is 16. The molecule has 1 aliphatic heterocycles. The summed E-state index contributed by atoms with van der Waals surface area (Å²) in [6, 6.07) is 22.0. The molecule has 6 atom stereocenters. The van der Waals surface area contributed by atoms with E-state index >= 15 is 0 Å². The minimum absolute atomic E-state index is 0.0172. The van der Waals surface area contributed by atoms with Gasteiger partial charge < -0.3 is 78.9 Å². The Balaban J connectivity index is 0.618. The predicted molar refractivity (Wildman–Crippen MR) is 373 cm³/mol. The Morgan fingerprint density at radius 1 is 0.723 bits per heavy atom. The van der Waals surface area contributed by atoms with Crippen molar-refractivity contribution < 1.29 is 68.1 Å². The molecule has 522 valence electrons. The number of ketones is 2. The van der Waals surface area contributed by atoms with Crippen LogP contribution in [0, 0.1) is 17.2 Å². The monoisotopic (exact) mass is 1410 g/mol. The number of nitrogens with zero attached hydrogens (tertiary/aromatic N) is 4. The Morgan fingerprint density at radius 3 is 2.12 bits per heavy atom. The van der Waals surface area contributed by atoms with E-state index in [0.29, 0.717) is 62.4 Å². The molecule has 18 N–H and O–H groups in total. The number of hydrogen-bond acceptors (Lipinski definition) is 20. The van der Waals surface area contributed by atoms with Crippen molar-refractivity contribution in [1.82, 2.24) is 56.1 Å². The fourth-order valence-corrected chi connectivity index (χ4v) is 14.4. The molecule has 3 aliphatic rings. The zero-order valence-electron chi connectivity index (χ0n) is 53.5. The van der Waals surface area contributed by atoms with Crippen molar-refractivity contribution in [3.8, 4) is 0 Å². The number of aliphatic carboxylic acids is 3. The third-order valence-electron chi connectivity index (χ3n) is 17.4. The number of nitrogen functional groups attached to an aromatic ring is 1. The molecule has 2 fully saturated rings. The molecule has 32 nitrogen and oxygen atoms in total. The topological polar surface area (TPSA) is 515 Å². The van der Waals surface area contributed by atoms with Crippen molar-refractivity contribution in [2.45, 2.75) is 81.5 Å². The first-order chi connectivity index (χ1) is 48.4. The second-order valence-corrected chi connectivity index (χ2v) is 27.0. The number of anilines is 4. The van der Waals surface area contributed by atoms with Gasteiger partial charge in [-0.1, -0.05) is 45.9 Å². The molecule has 1 saturated carbocycles. The lowest BCUT2D eigenvalue weighted by Gasteiger charge is -2.29. The zero-order valence-corrected chi connectivity index (χ0v) is 55.1. The quantitative estimate of drug-likeness (QED) is 0.0120. The molecule has 4 aromatic carbocycles. The highest BCUT2D eigenvalue weighted by Gasteiger charge is 2.67. The molecule has 6 amide bonds. The molecule has 4 aromatic heterocycles. The number of allylic oxidation sites excluding steroid dienone is 2. The summed E-state index contributed by atoms with van der Waals surface area (Å²) < 4.78 is 0. The van der Waals surface area contributed by atoms with E-state index in [-0.39, 0.29) is 101 Å². The number of carbonyl (C=O) groups excluding carboxylic acids is 8. The van der Waals surface area contributed by atoms with Gasteiger partial charge in [-0.15, -0.1) is 0 Å². The van der Waals surface area contributed by atoms with Crippen LogP contribution < -0.4 is 54.2 Å². The molecular formula is C67H67N17O15S2. The minimum atomic E-state index is -1.84. The number of guanidine groups is 1. The molecule has 1 spiro atoms. The average molecular weight is 1410 g/mol. The van der Waals surface area contributed by atoms with Gasteiger partial charge in [-0.25, -0.2) is 19.6 Å². The molecule has 1 saturated heterocycles. The van der Waals surface area contributed by atoms with Crippen LogP contribution in [-0.4, -0.2) is 164 Å². The first-order valence-electron chi connectivity index (χ1n) is 31.7. The second-order valence-electron chi connectivity index (χ2n) is 24.4. The van der Waals surface area contributed by atoms with Crippen molar-refractivity contribution >= 4 is 148 Å². The lowest BCUT2D eigenvalue weighted by atomic mass is 9.81. The lowest BCUT2D eigenvalue weighted by Crippen LogP contribution is -2.54. The summed E-state index contributed by atoms with van der Waals surface area (Å²) in [5, 5.41) is 56.9. The second kappa shape index (κ2) is 30.4. The van der Waals surface area contributed by atoms with Gasteiger partial charge in [0, 0.05) is 117 Å². The Kier molecular flexibility index (Phi) is 21.2. The number of piperidine rings is 1. The first-order valence-corrected chi connectivity index (χ1v) is 34.2. The first kappa shape index (κ1) is 70.4. The number of aromatic nitrogens is 6. The van der Waals surface area contributed by atoms with Gasteiger partial charge in [-0.3, -0.25) is 58.3 Å². The van der Waals surface area contributed by atoms with E-state index in [1.165, 1.54) is 30.5 Å². The summed E-state index contributed by atoms with van der Waals surface area (Å²) in [7, 11) is 2.11. The third kappa shape index (κ3) is 16.6. The summed E-state index contributed by atoms with van der Waals surface area (Å²) in [6.45, 7) is 0.688. The average Bonchev–Trinajstić information content (AvgIpc) is 1.50. The van der Waals surface area contributed by atoms with Gasteiger partial charge in [-0.2, -0.15) is 4.98 Å². The number of likely N-dealkylation sites (tertiary alicyclic amines) is 1. The van der Waals surface area contributed by atoms with Crippen molar-refractivity contribution in [2.24, 2.45) is 17.6 Å². The van der Waals surface area contributed by atoms with Gasteiger partial charge in [0.1, 0.15) is 35.3 Å². The van der Waals surface area contributed by atoms with Crippen LogP contribution in [0.25, 0.3) is 33.0 Å². The Bertz CT molecular complexity index is 4790. The predicted octanol–water partition coefficient (Wildman–Crippen LogP) is 4.36. The van der Waals surface area contributed by atoms with E-state index in [1.807, 2.05) is 24.3 Å². The number of carboxylic acid groups (broad SMARTS) is 3. The number of nitrogens with one attached hydrogen (secondary N) is 11. The number of amides is 6. The molecule has 34 heteroatoms. The van der Waals surface area contributed by atoms with Crippen molar-refractivity contribution in [3.63, 3.8) is 0 Å². The number of fused-ring (bicyclic) bond motifs is 4. The SMILES string of the molecule is N=C(N)NCCC[C@@H](CC(=O)CC[C@@H](NC(=O)c1ccc(NCc2cnc3nc(N)[nH]c(=O)c3n2)cc1)C(=O)O)C(=O)N[C@H](CC(=O)O)C(=O)N[C@H](CSSCCC(=O)Nc1ccc2[nH]c(C(=O)Nc3ccc4[nH]c(C(=O)N5CC6CC67C5=CC(=O)c5ccccc57)cc4c3)cc2c1)C(=O)O. The zero-order chi connectivity index (χ0) is 71.8. The van der Waals surface area contributed by atoms with Crippen LogP contribution in [-0.2, 0) is 45.5 Å². The molecule has 0 bridgehead atoms.